The molecule has 0 heterocycles. The molecule has 1 heteroatoms. The van der Waals surface area contributed by atoms with Crippen LogP contribution in [0.3, 0.4) is 0 Å². The highest BCUT2D eigenvalue weighted by atomic mass is 16.5. The number of ether oxygens (including phenoxy) is 1. The summed E-state index contributed by atoms with van der Waals surface area (Å²) in [5.74, 6) is 0.964. The van der Waals surface area contributed by atoms with Crippen molar-refractivity contribution in [2.45, 2.75) is 26.2 Å². The van der Waals surface area contributed by atoms with E-state index in [9.17, 15) is 0 Å². The van der Waals surface area contributed by atoms with Gasteiger partial charge in [-0.2, -0.15) is 0 Å². The Kier molecular flexibility index (Phi) is 4.84. The summed E-state index contributed by atoms with van der Waals surface area (Å²) in [6.45, 7) is 6.60. The van der Waals surface area contributed by atoms with Crippen molar-refractivity contribution in [2.24, 2.45) is 0 Å². The van der Waals surface area contributed by atoms with Gasteiger partial charge in [0.1, 0.15) is 5.75 Å². The van der Waals surface area contributed by atoms with E-state index in [1.807, 2.05) is 18.2 Å². The van der Waals surface area contributed by atoms with Gasteiger partial charge >= 0.3 is 0 Å². The second kappa shape index (κ2) is 6.25. The van der Waals surface area contributed by atoms with Crippen molar-refractivity contribution in [3.05, 3.63) is 42.5 Å². The van der Waals surface area contributed by atoms with Gasteiger partial charge in [-0.05, 0) is 37.0 Å². The summed E-state index contributed by atoms with van der Waals surface area (Å²) >= 11 is 0. The standard InChI is InChI=1S/C13H18O/c1-3-5-6-11-14-13-9-7-12(4-2)8-10-13/h3,7-10H,1,4-6,11H2,2H3. The predicted molar refractivity (Wildman–Crippen MR) is 60.7 cm³/mol. The van der Waals surface area contributed by atoms with E-state index < -0.39 is 0 Å². The molecule has 1 nitrogen and oxygen atoms in total. The second-order valence-corrected chi connectivity index (χ2v) is 3.28. The molecule has 0 unspecified atom stereocenters. The van der Waals surface area contributed by atoms with E-state index in [2.05, 4.69) is 25.6 Å². The summed E-state index contributed by atoms with van der Waals surface area (Å²) in [7, 11) is 0. The Hall–Kier alpha value is -1.24. The Morgan fingerprint density at radius 2 is 2.00 bits per heavy atom. The Labute approximate surface area is 86.4 Å². The van der Waals surface area contributed by atoms with Gasteiger partial charge in [0.25, 0.3) is 0 Å². The Bertz CT molecular complexity index is 261. The Morgan fingerprint density at radius 1 is 1.29 bits per heavy atom. The van der Waals surface area contributed by atoms with Gasteiger partial charge < -0.3 is 4.74 Å². The first-order chi connectivity index (χ1) is 6.86. The molecule has 76 valence electrons. The van der Waals surface area contributed by atoms with Gasteiger partial charge in [0, 0.05) is 0 Å². The maximum Gasteiger partial charge on any atom is 0.119 e. The first kappa shape index (κ1) is 10.8. The van der Waals surface area contributed by atoms with Crippen LogP contribution < -0.4 is 4.74 Å². The molecule has 0 radical (unpaired) electrons. The highest BCUT2D eigenvalue weighted by molar-refractivity contribution is 5.27. The zero-order chi connectivity index (χ0) is 10.2. The smallest absolute Gasteiger partial charge is 0.119 e. The zero-order valence-electron chi connectivity index (χ0n) is 8.83. The summed E-state index contributed by atoms with van der Waals surface area (Å²) < 4.78 is 5.56. The highest BCUT2D eigenvalue weighted by Crippen LogP contribution is 2.12. The van der Waals surface area contributed by atoms with Crippen molar-refractivity contribution in [2.75, 3.05) is 6.61 Å². The van der Waals surface area contributed by atoms with Crippen molar-refractivity contribution in [1.29, 1.82) is 0 Å². The third-order valence-electron chi connectivity index (χ3n) is 2.15. The molecule has 0 spiro atoms. The molecule has 0 bridgehead atoms. The van der Waals surface area contributed by atoms with E-state index in [4.69, 9.17) is 4.74 Å². The molecule has 0 aliphatic rings. The summed E-state index contributed by atoms with van der Waals surface area (Å²) in [4.78, 5) is 0. The zero-order valence-corrected chi connectivity index (χ0v) is 8.83. The molecule has 1 aromatic rings. The molecule has 0 aromatic heterocycles. The van der Waals surface area contributed by atoms with E-state index >= 15 is 0 Å². The van der Waals surface area contributed by atoms with E-state index in [1.54, 1.807) is 0 Å². The van der Waals surface area contributed by atoms with E-state index in [-0.39, 0.29) is 0 Å². The van der Waals surface area contributed by atoms with Crippen LogP contribution >= 0.6 is 0 Å². The molecule has 1 rings (SSSR count). The molecular formula is C13H18O. The van der Waals surface area contributed by atoms with Crippen molar-refractivity contribution >= 4 is 0 Å². The minimum atomic E-state index is 0.775. The minimum Gasteiger partial charge on any atom is -0.494 e. The van der Waals surface area contributed by atoms with Crippen LogP contribution in [0.15, 0.2) is 36.9 Å². The quantitative estimate of drug-likeness (QED) is 0.492. The van der Waals surface area contributed by atoms with Crippen LogP contribution in [0.1, 0.15) is 25.3 Å². The topological polar surface area (TPSA) is 9.23 Å². The molecule has 0 fully saturated rings. The summed E-state index contributed by atoms with van der Waals surface area (Å²) in [5.41, 5.74) is 1.35. The number of hydrogen-bond acceptors (Lipinski definition) is 1. The van der Waals surface area contributed by atoms with Crippen molar-refractivity contribution in [3.63, 3.8) is 0 Å². The number of allylic oxidation sites excluding steroid dienone is 1. The van der Waals surface area contributed by atoms with Gasteiger partial charge in [-0.3, -0.25) is 0 Å². The number of aryl methyl sites for hydroxylation is 1. The van der Waals surface area contributed by atoms with Crippen LogP contribution in [0.4, 0.5) is 0 Å². The van der Waals surface area contributed by atoms with E-state index in [0.29, 0.717) is 0 Å². The fourth-order valence-corrected chi connectivity index (χ4v) is 1.24. The molecule has 0 saturated heterocycles. The lowest BCUT2D eigenvalue weighted by atomic mass is 10.2. The van der Waals surface area contributed by atoms with Crippen LogP contribution in [0.5, 0.6) is 5.75 Å². The third-order valence-corrected chi connectivity index (χ3v) is 2.15. The van der Waals surface area contributed by atoms with Gasteiger partial charge in [0.15, 0.2) is 0 Å². The highest BCUT2D eigenvalue weighted by Gasteiger charge is 1.93. The van der Waals surface area contributed by atoms with Crippen LogP contribution in [0.25, 0.3) is 0 Å². The van der Waals surface area contributed by atoms with E-state index in [1.165, 1.54) is 5.56 Å². The maximum atomic E-state index is 5.56. The first-order valence-electron chi connectivity index (χ1n) is 5.19. The van der Waals surface area contributed by atoms with Gasteiger partial charge in [0.2, 0.25) is 0 Å². The monoisotopic (exact) mass is 190 g/mol. The van der Waals surface area contributed by atoms with Gasteiger partial charge in [0.05, 0.1) is 6.61 Å². The summed E-state index contributed by atoms with van der Waals surface area (Å²) in [6.07, 6.45) is 5.06. The molecule has 14 heavy (non-hydrogen) atoms. The number of hydrogen-bond donors (Lipinski definition) is 0. The van der Waals surface area contributed by atoms with Crippen LogP contribution in [0, 0.1) is 0 Å². The lowest BCUT2D eigenvalue weighted by Gasteiger charge is -2.05. The first-order valence-corrected chi connectivity index (χ1v) is 5.19. The second-order valence-electron chi connectivity index (χ2n) is 3.28. The van der Waals surface area contributed by atoms with E-state index in [0.717, 1.165) is 31.6 Å². The minimum absolute atomic E-state index is 0.775. The molecule has 1 aromatic carbocycles. The van der Waals surface area contributed by atoms with Crippen LogP contribution in [-0.2, 0) is 6.42 Å². The third kappa shape index (κ3) is 3.65. The summed E-state index contributed by atoms with van der Waals surface area (Å²) in [6, 6.07) is 8.30. The fourth-order valence-electron chi connectivity index (χ4n) is 1.24. The largest absolute Gasteiger partial charge is 0.494 e. The predicted octanol–water partition coefficient (Wildman–Crippen LogP) is 3.59. The molecule has 0 aliphatic carbocycles. The lowest BCUT2D eigenvalue weighted by molar-refractivity contribution is 0.312. The Balaban J connectivity index is 2.32. The normalized spacial score (nSPS) is 9.79. The Morgan fingerprint density at radius 3 is 2.57 bits per heavy atom. The number of unbranched alkanes of at least 4 members (excludes halogenated alkanes) is 1. The molecule has 0 saturated carbocycles. The van der Waals surface area contributed by atoms with Gasteiger partial charge in [-0.1, -0.05) is 25.1 Å². The summed E-state index contributed by atoms with van der Waals surface area (Å²) in [5, 5.41) is 0. The van der Waals surface area contributed by atoms with Crippen molar-refractivity contribution in [3.8, 4) is 5.75 Å². The molecule has 0 amide bonds. The average molecular weight is 190 g/mol. The van der Waals surface area contributed by atoms with Crippen molar-refractivity contribution < 1.29 is 4.74 Å². The molecule has 0 atom stereocenters. The van der Waals surface area contributed by atoms with Crippen molar-refractivity contribution in [1.82, 2.24) is 0 Å². The van der Waals surface area contributed by atoms with Crippen LogP contribution in [0.2, 0.25) is 0 Å². The SMILES string of the molecule is C=CCCCOc1ccc(CC)cc1. The van der Waals surface area contributed by atoms with Crippen LogP contribution in [-0.4, -0.2) is 6.61 Å². The average Bonchev–Trinajstić information content (AvgIpc) is 2.25. The number of rotatable bonds is 6. The number of benzene rings is 1. The van der Waals surface area contributed by atoms with Gasteiger partial charge in [-0.15, -0.1) is 6.58 Å². The fraction of sp³-hybridized carbons (Fsp3) is 0.385. The van der Waals surface area contributed by atoms with Gasteiger partial charge in [-0.25, -0.2) is 0 Å². The molecular weight excluding hydrogens is 172 g/mol. The maximum absolute atomic E-state index is 5.56. The molecule has 0 N–H and O–H groups in total. The molecule has 0 aliphatic heterocycles. The lowest BCUT2D eigenvalue weighted by Crippen LogP contribution is -1.96.